The smallest absolute Gasteiger partial charge is 0.225 e. The number of unbranched alkanes of at least 4 members (excludes halogenated alkanes) is 1. The number of hydrogen-bond acceptors (Lipinski definition) is 2. The van der Waals surface area contributed by atoms with Crippen LogP contribution in [0.15, 0.2) is 0 Å². The molecule has 0 unspecified atom stereocenters. The van der Waals surface area contributed by atoms with Crippen molar-refractivity contribution in [2.75, 3.05) is 26.2 Å². The first kappa shape index (κ1) is 16.8. The average molecular weight is 289 g/mol. The Kier molecular flexibility index (Phi) is 7.77. The molecule has 2 rings (SSSR count). The second-order valence-electron chi connectivity index (χ2n) is 5.94. The standard InChI is InChI=1S/C15H28N2O.ClH/c1-2-3-4-13-5-7-14(8-6-13)15(18)17-11-9-16-10-12-17;/h13-14,16H,2-12H2,1H3;1H. The van der Waals surface area contributed by atoms with Crippen molar-refractivity contribution in [3.05, 3.63) is 0 Å². The van der Waals surface area contributed by atoms with E-state index in [-0.39, 0.29) is 12.4 Å². The minimum absolute atomic E-state index is 0. The largest absolute Gasteiger partial charge is 0.340 e. The molecular weight excluding hydrogens is 260 g/mol. The van der Waals surface area contributed by atoms with E-state index in [1.807, 2.05) is 0 Å². The SMILES string of the molecule is CCCCC1CCC(C(=O)N2CCNCC2)CC1.Cl. The van der Waals surface area contributed by atoms with Gasteiger partial charge < -0.3 is 10.2 Å². The number of nitrogens with zero attached hydrogens (tertiary/aromatic N) is 1. The molecule has 1 saturated carbocycles. The van der Waals surface area contributed by atoms with E-state index in [1.54, 1.807) is 0 Å². The summed E-state index contributed by atoms with van der Waals surface area (Å²) >= 11 is 0. The summed E-state index contributed by atoms with van der Waals surface area (Å²) in [6.45, 7) is 6.03. The number of carbonyl (C=O) groups is 1. The Morgan fingerprint density at radius 2 is 1.79 bits per heavy atom. The third-order valence-corrected chi connectivity index (χ3v) is 4.59. The van der Waals surface area contributed by atoms with Crippen LogP contribution in [0.2, 0.25) is 0 Å². The number of halogens is 1. The first-order chi connectivity index (χ1) is 8.81. The predicted octanol–water partition coefficient (Wildman–Crippen LogP) is 2.84. The minimum Gasteiger partial charge on any atom is -0.340 e. The molecule has 0 radical (unpaired) electrons. The second kappa shape index (κ2) is 8.80. The number of piperazine rings is 1. The Hall–Kier alpha value is -0.280. The lowest BCUT2D eigenvalue weighted by Crippen LogP contribution is -2.48. The van der Waals surface area contributed by atoms with Crippen LogP contribution in [0.5, 0.6) is 0 Å². The molecule has 2 aliphatic rings. The number of amides is 1. The summed E-state index contributed by atoms with van der Waals surface area (Å²) in [5, 5.41) is 3.31. The molecule has 1 N–H and O–H groups in total. The summed E-state index contributed by atoms with van der Waals surface area (Å²) in [5.74, 6) is 1.67. The molecule has 1 saturated heterocycles. The van der Waals surface area contributed by atoms with Crippen LogP contribution in [0.1, 0.15) is 51.9 Å². The highest BCUT2D eigenvalue weighted by atomic mass is 35.5. The molecule has 0 aromatic rings. The first-order valence-electron chi connectivity index (χ1n) is 7.80. The maximum Gasteiger partial charge on any atom is 0.225 e. The topological polar surface area (TPSA) is 32.3 Å². The van der Waals surface area contributed by atoms with Gasteiger partial charge in [0.25, 0.3) is 0 Å². The van der Waals surface area contributed by atoms with E-state index in [0.29, 0.717) is 11.8 Å². The Bertz CT molecular complexity index is 259. The molecule has 0 spiro atoms. The molecule has 4 heteroatoms. The molecule has 0 aromatic carbocycles. The third-order valence-electron chi connectivity index (χ3n) is 4.59. The Balaban J connectivity index is 0.00000180. The van der Waals surface area contributed by atoms with Crippen LogP contribution in [0.4, 0.5) is 0 Å². The van der Waals surface area contributed by atoms with Crippen LogP contribution < -0.4 is 5.32 Å². The zero-order chi connectivity index (χ0) is 12.8. The summed E-state index contributed by atoms with van der Waals surface area (Å²) in [7, 11) is 0. The lowest BCUT2D eigenvalue weighted by atomic mass is 9.79. The van der Waals surface area contributed by atoms with Crippen LogP contribution in [0.3, 0.4) is 0 Å². The van der Waals surface area contributed by atoms with E-state index in [0.717, 1.165) is 44.9 Å². The zero-order valence-corrected chi connectivity index (χ0v) is 13.0. The fourth-order valence-electron chi connectivity index (χ4n) is 3.33. The van der Waals surface area contributed by atoms with E-state index in [4.69, 9.17) is 0 Å². The van der Waals surface area contributed by atoms with Crippen molar-refractivity contribution in [3.63, 3.8) is 0 Å². The van der Waals surface area contributed by atoms with Crippen molar-refractivity contribution in [1.82, 2.24) is 10.2 Å². The quantitative estimate of drug-likeness (QED) is 0.863. The number of nitrogens with one attached hydrogen (secondary N) is 1. The van der Waals surface area contributed by atoms with Gasteiger partial charge in [-0.25, -0.2) is 0 Å². The second-order valence-corrected chi connectivity index (χ2v) is 5.94. The van der Waals surface area contributed by atoms with Gasteiger partial charge in [-0.2, -0.15) is 0 Å². The van der Waals surface area contributed by atoms with Crippen LogP contribution >= 0.6 is 12.4 Å². The molecule has 0 atom stereocenters. The molecule has 2 fully saturated rings. The Morgan fingerprint density at radius 3 is 2.37 bits per heavy atom. The van der Waals surface area contributed by atoms with Crippen molar-refractivity contribution in [1.29, 1.82) is 0 Å². The lowest BCUT2D eigenvalue weighted by molar-refractivity contribution is -0.137. The lowest BCUT2D eigenvalue weighted by Gasteiger charge is -2.34. The van der Waals surface area contributed by atoms with Gasteiger partial charge in [0.2, 0.25) is 5.91 Å². The third kappa shape index (κ3) is 4.96. The van der Waals surface area contributed by atoms with Gasteiger partial charge >= 0.3 is 0 Å². The van der Waals surface area contributed by atoms with E-state index in [1.165, 1.54) is 32.1 Å². The normalized spacial score (nSPS) is 27.7. The van der Waals surface area contributed by atoms with Gasteiger partial charge in [-0.05, 0) is 31.6 Å². The molecular formula is C15H29ClN2O. The molecule has 1 amide bonds. The summed E-state index contributed by atoms with van der Waals surface area (Å²) in [6.07, 6.45) is 8.88. The molecule has 0 aromatic heterocycles. The highest BCUT2D eigenvalue weighted by Crippen LogP contribution is 2.32. The molecule has 1 aliphatic carbocycles. The van der Waals surface area contributed by atoms with Gasteiger partial charge in [-0.1, -0.05) is 26.2 Å². The zero-order valence-electron chi connectivity index (χ0n) is 12.2. The van der Waals surface area contributed by atoms with Crippen LogP contribution in [-0.4, -0.2) is 37.0 Å². The molecule has 0 bridgehead atoms. The highest BCUT2D eigenvalue weighted by molar-refractivity contribution is 5.85. The van der Waals surface area contributed by atoms with Crippen molar-refractivity contribution in [2.45, 2.75) is 51.9 Å². The van der Waals surface area contributed by atoms with E-state index < -0.39 is 0 Å². The van der Waals surface area contributed by atoms with Gasteiger partial charge in [0.05, 0.1) is 0 Å². The maximum absolute atomic E-state index is 12.4. The Labute approximate surface area is 123 Å². The van der Waals surface area contributed by atoms with Gasteiger partial charge in [0, 0.05) is 32.1 Å². The summed E-state index contributed by atoms with van der Waals surface area (Å²) in [6, 6.07) is 0. The van der Waals surface area contributed by atoms with Crippen molar-refractivity contribution in [2.24, 2.45) is 11.8 Å². The van der Waals surface area contributed by atoms with Gasteiger partial charge in [0.15, 0.2) is 0 Å². The fraction of sp³-hybridized carbons (Fsp3) is 0.933. The number of rotatable bonds is 4. The summed E-state index contributed by atoms with van der Waals surface area (Å²) < 4.78 is 0. The van der Waals surface area contributed by atoms with Gasteiger partial charge in [-0.3, -0.25) is 4.79 Å². The average Bonchev–Trinajstić information content (AvgIpc) is 2.46. The highest BCUT2D eigenvalue weighted by Gasteiger charge is 2.29. The minimum atomic E-state index is 0. The number of hydrogen-bond donors (Lipinski definition) is 1. The first-order valence-corrected chi connectivity index (χ1v) is 7.80. The van der Waals surface area contributed by atoms with Gasteiger partial charge in [-0.15, -0.1) is 12.4 Å². The monoisotopic (exact) mass is 288 g/mol. The van der Waals surface area contributed by atoms with Crippen LogP contribution in [0.25, 0.3) is 0 Å². The van der Waals surface area contributed by atoms with E-state index in [2.05, 4.69) is 17.1 Å². The fourth-order valence-corrected chi connectivity index (χ4v) is 3.33. The van der Waals surface area contributed by atoms with Crippen LogP contribution in [-0.2, 0) is 4.79 Å². The van der Waals surface area contributed by atoms with E-state index >= 15 is 0 Å². The summed E-state index contributed by atoms with van der Waals surface area (Å²) in [4.78, 5) is 14.4. The molecule has 1 heterocycles. The molecule has 1 aliphatic heterocycles. The maximum atomic E-state index is 12.4. The van der Waals surface area contributed by atoms with Crippen molar-refractivity contribution < 1.29 is 4.79 Å². The molecule has 112 valence electrons. The molecule has 3 nitrogen and oxygen atoms in total. The molecule has 19 heavy (non-hydrogen) atoms. The predicted molar refractivity (Wildman–Crippen MR) is 81.7 cm³/mol. The number of carbonyl (C=O) groups excluding carboxylic acids is 1. The van der Waals surface area contributed by atoms with Gasteiger partial charge in [0.1, 0.15) is 0 Å². The Morgan fingerprint density at radius 1 is 1.16 bits per heavy atom. The van der Waals surface area contributed by atoms with E-state index in [9.17, 15) is 4.79 Å². The van der Waals surface area contributed by atoms with Crippen molar-refractivity contribution >= 4 is 18.3 Å². The van der Waals surface area contributed by atoms with Crippen molar-refractivity contribution in [3.8, 4) is 0 Å². The summed E-state index contributed by atoms with van der Waals surface area (Å²) in [5.41, 5.74) is 0. The van der Waals surface area contributed by atoms with Crippen LogP contribution in [0, 0.1) is 11.8 Å².